The van der Waals surface area contributed by atoms with Crippen molar-refractivity contribution < 1.29 is 0 Å². The average molecular weight is 289 g/mol. The Hall–Kier alpha value is -1.09. The molecule has 1 N–H and O–H groups in total. The van der Waals surface area contributed by atoms with Gasteiger partial charge in [-0.05, 0) is 48.9 Å². The first kappa shape index (κ1) is 16.3. The van der Waals surface area contributed by atoms with E-state index in [-0.39, 0.29) is 0 Å². The summed E-state index contributed by atoms with van der Waals surface area (Å²) < 4.78 is 0. The molecule has 2 atom stereocenters. The van der Waals surface area contributed by atoms with Crippen LogP contribution in [0.25, 0.3) is 0 Å². The number of anilines is 1. The predicted molar refractivity (Wildman–Crippen MR) is 90.6 cm³/mol. The second-order valence-electron chi connectivity index (χ2n) is 6.99. The second-order valence-corrected chi connectivity index (χ2v) is 6.99. The number of pyridine rings is 1. The maximum absolute atomic E-state index is 4.59. The summed E-state index contributed by atoms with van der Waals surface area (Å²) in [4.78, 5) is 6.99. The molecule has 0 radical (unpaired) electrons. The summed E-state index contributed by atoms with van der Waals surface area (Å²) in [5.74, 6) is 2.59. The van der Waals surface area contributed by atoms with Crippen LogP contribution in [0.3, 0.4) is 0 Å². The van der Waals surface area contributed by atoms with Crippen molar-refractivity contribution in [2.45, 2.75) is 59.0 Å². The number of hydrogen-bond acceptors (Lipinski definition) is 3. The highest BCUT2D eigenvalue weighted by atomic mass is 15.2. The lowest BCUT2D eigenvalue weighted by Crippen LogP contribution is -2.39. The fourth-order valence-electron chi connectivity index (χ4n) is 3.31. The third-order valence-corrected chi connectivity index (χ3v) is 4.62. The van der Waals surface area contributed by atoms with Crippen LogP contribution in [0.4, 0.5) is 5.82 Å². The van der Waals surface area contributed by atoms with E-state index < -0.39 is 0 Å². The van der Waals surface area contributed by atoms with Gasteiger partial charge in [-0.15, -0.1) is 0 Å². The molecule has 3 heteroatoms. The molecule has 1 aromatic heterocycles. The molecule has 3 nitrogen and oxygen atoms in total. The van der Waals surface area contributed by atoms with E-state index in [0.717, 1.165) is 24.8 Å². The highest BCUT2D eigenvalue weighted by molar-refractivity contribution is 5.41. The predicted octanol–water partition coefficient (Wildman–Crippen LogP) is 3.84. The van der Waals surface area contributed by atoms with Crippen molar-refractivity contribution in [3.63, 3.8) is 0 Å². The van der Waals surface area contributed by atoms with Crippen LogP contribution < -0.4 is 10.2 Å². The van der Waals surface area contributed by atoms with Gasteiger partial charge in [-0.1, -0.05) is 33.6 Å². The van der Waals surface area contributed by atoms with Crippen LogP contribution >= 0.6 is 0 Å². The number of rotatable bonds is 6. The zero-order chi connectivity index (χ0) is 15.2. The third-order valence-electron chi connectivity index (χ3n) is 4.62. The van der Waals surface area contributed by atoms with Gasteiger partial charge < -0.3 is 10.2 Å². The summed E-state index contributed by atoms with van der Waals surface area (Å²) in [7, 11) is 2.21. The molecule has 1 aliphatic carbocycles. The molecule has 1 fully saturated rings. The summed E-state index contributed by atoms with van der Waals surface area (Å²) >= 11 is 0. The van der Waals surface area contributed by atoms with Crippen LogP contribution in [0.1, 0.15) is 52.0 Å². The lowest BCUT2D eigenvalue weighted by Gasteiger charge is -2.37. The van der Waals surface area contributed by atoms with Gasteiger partial charge in [-0.3, -0.25) is 0 Å². The summed E-state index contributed by atoms with van der Waals surface area (Å²) in [6.07, 6.45) is 7.35. The van der Waals surface area contributed by atoms with E-state index in [1.165, 1.54) is 31.2 Å². The molecule has 2 rings (SSSR count). The van der Waals surface area contributed by atoms with Gasteiger partial charge in [-0.25, -0.2) is 4.98 Å². The van der Waals surface area contributed by atoms with E-state index in [1.54, 1.807) is 0 Å². The molecule has 1 saturated carbocycles. The smallest absolute Gasteiger partial charge is 0.128 e. The Labute approximate surface area is 130 Å². The average Bonchev–Trinajstić information content (AvgIpc) is 2.47. The Kier molecular flexibility index (Phi) is 6.04. The van der Waals surface area contributed by atoms with Crippen molar-refractivity contribution in [3.05, 3.63) is 23.9 Å². The molecule has 0 aromatic carbocycles. The zero-order valence-electron chi connectivity index (χ0n) is 14.1. The van der Waals surface area contributed by atoms with E-state index in [2.05, 4.69) is 55.2 Å². The first-order valence-electron chi connectivity index (χ1n) is 8.46. The fraction of sp³-hybridized carbons (Fsp3) is 0.722. The highest BCUT2D eigenvalue weighted by Gasteiger charge is 2.25. The Morgan fingerprint density at radius 3 is 2.81 bits per heavy atom. The van der Waals surface area contributed by atoms with Crippen molar-refractivity contribution in [2.75, 3.05) is 18.5 Å². The molecule has 1 aliphatic rings. The summed E-state index contributed by atoms with van der Waals surface area (Å²) in [5, 5.41) is 3.51. The van der Waals surface area contributed by atoms with Gasteiger partial charge in [0.2, 0.25) is 0 Å². The SMILES string of the molecule is CC(C)CNCc1ccnc(N(C)C2CCCCC2C)c1. The van der Waals surface area contributed by atoms with Crippen LogP contribution in [-0.2, 0) is 6.54 Å². The molecule has 118 valence electrons. The number of aromatic nitrogens is 1. The van der Waals surface area contributed by atoms with Crippen LogP contribution in [-0.4, -0.2) is 24.6 Å². The molecular formula is C18H31N3. The van der Waals surface area contributed by atoms with E-state index >= 15 is 0 Å². The van der Waals surface area contributed by atoms with Crippen LogP contribution in [0, 0.1) is 11.8 Å². The van der Waals surface area contributed by atoms with Gasteiger partial charge in [-0.2, -0.15) is 0 Å². The lowest BCUT2D eigenvalue weighted by molar-refractivity contribution is 0.320. The maximum atomic E-state index is 4.59. The largest absolute Gasteiger partial charge is 0.356 e. The van der Waals surface area contributed by atoms with Gasteiger partial charge in [0.05, 0.1) is 0 Å². The Bertz CT molecular complexity index is 430. The Balaban J connectivity index is 1.98. The third kappa shape index (κ3) is 4.70. The normalized spacial score (nSPS) is 22.5. The van der Waals surface area contributed by atoms with Crippen molar-refractivity contribution in [3.8, 4) is 0 Å². The quantitative estimate of drug-likeness (QED) is 0.862. The summed E-state index contributed by atoms with van der Waals surface area (Å²) in [6.45, 7) is 8.86. The molecular weight excluding hydrogens is 258 g/mol. The van der Waals surface area contributed by atoms with E-state index in [4.69, 9.17) is 0 Å². The second kappa shape index (κ2) is 7.79. The van der Waals surface area contributed by atoms with Gasteiger partial charge in [0, 0.05) is 25.8 Å². The van der Waals surface area contributed by atoms with Crippen molar-refractivity contribution in [2.24, 2.45) is 11.8 Å². The van der Waals surface area contributed by atoms with Crippen LogP contribution in [0.5, 0.6) is 0 Å². The minimum atomic E-state index is 0.644. The van der Waals surface area contributed by atoms with Gasteiger partial charge >= 0.3 is 0 Å². The molecule has 2 unspecified atom stereocenters. The van der Waals surface area contributed by atoms with Gasteiger partial charge in [0.25, 0.3) is 0 Å². The maximum Gasteiger partial charge on any atom is 0.128 e. The fourth-order valence-corrected chi connectivity index (χ4v) is 3.31. The van der Waals surface area contributed by atoms with E-state index in [9.17, 15) is 0 Å². The van der Waals surface area contributed by atoms with Crippen molar-refractivity contribution in [1.29, 1.82) is 0 Å². The molecule has 1 aromatic rings. The molecule has 0 spiro atoms. The lowest BCUT2D eigenvalue weighted by atomic mass is 9.85. The van der Waals surface area contributed by atoms with Crippen LogP contribution in [0.2, 0.25) is 0 Å². The summed E-state index contributed by atoms with van der Waals surface area (Å²) in [5.41, 5.74) is 1.33. The first-order valence-corrected chi connectivity index (χ1v) is 8.46. The Morgan fingerprint density at radius 2 is 2.10 bits per heavy atom. The highest BCUT2D eigenvalue weighted by Crippen LogP contribution is 2.29. The standard InChI is InChI=1S/C18H31N3/c1-14(2)12-19-13-16-9-10-20-18(11-16)21(4)17-8-6-5-7-15(17)3/h9-11,14-15,17,19H,5-8,12-13H2,1-4H3. The zero-order valence-corrected chi connectivity index (χ0v) is 14.1. The van der Waals surface area contributed by atoms with E-state index in [0.29, 0.717) is 12.0 Å². The molecule has 1 heterocycles. The van der Waals surface area contributed by atoms with Gasteiger partial charge in [0.1, 0.15) is 5.82 Å². The first-order chi connectivity index (χ1) is 10.1. The molecule has 0 bridgehead atoms. The minimum absolute atomic E-state index is 0.644. The molecule has 0 amide bonds. The van der Waals surface area contributed by atoms with E-state index in [1.807, 2.05) is 6.20 Å². The number of hydrogen-bond donors (Lipinski definition) is 1. The topological polar surface area (TPSA) is 28.2 Å². The minimum Gasteiger partial charge on any atom is -0.356 e. The summed E-state index contributed by atoms with van der Waals surface area (Å²) in [6, 6.07) is 5.01. The monoisotopic (exact) mass is 289 g/mol. The molecule has 0 aliphatic heterocycles. The number of nitrogens with one attached hydrogen (secondary N) is 1. The van der Waals surface area contributed by atoms with Crippen molar-refractivity contribution >= 4 is 5.82 Å². The Morgan fingerprint density at radius 1 is 1.33 bits per heavy atom. The number of nitrogens with zero attached hydrogens (tertiary/aromatic N) is 2. The molecule has 21 heavy (non-hydrogen) atoms. The molecule has 0 saturated heterocycles. The van der Waals surface area contributed by atoms with Crippen molar-refractivity contribution in [1.82, 2.24) is 10.3 Å². The van der Waals surface area contributed by atoms with Crippen LogP contribution in [0.15, 0.2) is 18.3 Å². The van der Waals surface area contributed by atoms with Gasteiger partial charge in [0.15, 0.2) is 0 Å².